The van der Waals surface area contributed by atoms with Crippen molar-refractivity contribution < 1.29 is 18.3 Å². The van der Waals surface area contributed by atoms with E-state index in [-0.39, 0.29) is 23.9 Å². The van der Waals surface area contributed by atoms with Gasteiger partial charge >= 0.3 is 0 Å². The molecule has 7 rings (SSSR count). The van der Waals surface area contributed by atoms with E-state index in [4.69, 9.17) is 14.7 Å². The first-order chi connectivity index (χ1) is 20.5. The van der Waals surface area contributed by atoms with Crippen LogP contribution in [-0.4, -0.2) is 99.3 Å². The number of aromatic nitrogens is 4. The quantitative estimate of drug-likeness (QED) is 0.449. The van der Waals surface area contributed by atoms with Crippen LogP contribution < -0.4 is 10.2 Å². The number of halogens is 2. The first-order valence-corrected chi connectivity index (χ1v) is 15.3. The maximum absolute atomic E-state index is 14.2. The van der Waals surface area contributed by atoms with Gasteiger partial charge in [-0.05, 0) is 70.2 Å². The molecule has 3 aliphatic heterocycles. The van der Waals surface area contributed by atoms with E-state index < -0.39 is 6.43 Å². The second kappa shape index (κ2) is 11.7. The molecule has 5 heterocycles. The zero-order valence-corrected chi connectivity index (χ0v) is 23.8. The molecule has 1 aliphatic carbocycles. The second-order valence-electron chi connectivity index (χ2n) is 11.8. The lowest BCUT2D eigenvalue weighted by Gasteiger charge is -2.36. The van der Waals surface area contributed by atoms with Crippen molar-refractivity contribution in [1.29, 1.82) is 0 Å². The summed E-state index contributed by atoms with van der Waals surface area (Å²) in [5, 5.41) is 3.59. The fourth-order valence-corrected chi connectivity index (χ4v) is 7.13. The van der Waals surface area contributed by atoms with Gasteiger partial charge in [0.1, 0.15) is 11.6 Å². The molecule has 3 aromatic rings. The molecule has 2 aromatic heterocycles. The molecule has 1 amide bonds. The van der Waals surface area contributed by atoms with Gasteiger partial charge in [0, 0.05) is 37.8 Å². The van der Waals surface area contributed by atoms with Crippen molar-refractivity contribution in [1.82, 2.24) is 29.3 Å². The molecule has 1 atom stereocenters. The minimum atomic E-state index is -2.76. The summed E-state index contributed by atoms with van der Waals surface area (Å²) >= 11 is 0. The molecule has 1 N–H and O–H groups in total. The van der Waals surface area contributed by atoms with Gasteiger partial charge in [0.15, 0.2) is 5.82 Å². The second-order valence-corrected chi connectivity index (χ2v) is 11.8. The summed E-state index contributed by atoms with van der Waals surface area (Å²) in [6.45, 7) is 5.32. The SMILES string of the molecule is O=C1C(N2CCCC2)CCN1C1CCC(Nc2cc(-n3c(C(F)F)nc4ccccc43)nc(N3CCOCC3)n2)CC1. The molecule has 0 bridgehead atoms. The number of hydrogen-bond donors (Lipinski definition) is 1. The number of amides is 1. The molecule has 4 fully saturated rings. The van der Waals surface area contributed by atoms with Crippen molar-refractivity contribution in [3.8, 4) is 5.82 Å². The molecule has 1 aromatic carbocycles. The average Bonchev–Trinajstić information content (AvgIpc) is 3.77. The molecule has 4 aliphatic rings. The Hall–Kier alpha value is -3.38. The summed E-state index contributed by atoms with van der Waals surface area (Å²) in [5.74, 6) is 1.43. The van der Waals surface area contributed by atoms with Crippen molar-refractivity contribution in [3.05, 3.63) is 36.2 Å². The Morgan fingerprint density at radius 3 is 2.43 bits per heavy atom. The van der Waals surface area contributed by atoms with Crippen molar-refractivity contribution in [3.63, 3.8) is 0 Å². The number of fused-ring (bicyclic) bond motifs is 1. The van der Waals surface area contributed by atoms with Crippen molar-refractivity contribution in [2.45, 2.75) is 69.5 Å². The largest absolute Gasteiger partial charge is 0.378 e. The lowest BCUT2D eigenvalue weighted by Crippen LogP contribution is -2.46. The van der Waals surface area contributed by atoms with E-state index in [9.17, 15) is 13.6 Å². The van der Waals surface area contributed by atoms with Crippen molar-refractivity contribution in [2.75, 3.05) is 56.2 Å². The third-order valence-corrected chi connectivity index (χ3v) is 9.29. The number of rotatable bonds is 7. The fourth-order valence-electron chi connectivity index (χ4n) is 7.13. The Morgan fingerprint density at radius 2 is 1.67 bits per heavy atom. The molecule has 3 saturated heterocycles. The van der Waals surface area contributed by atoms with E-state index in [1.54, 1.807) is 24.3 Å². The predicted molar refractivity (Wildman–Crippen MR) is 155 cm³/mol. The van der Waals surface area contributed by atoms with Gasteiger partial charge in [-0.1, -0.05) is 12.1 Å². The number of ether oxygens (including phenoxy) is 1. The highest BCUT2D eigenvalue weighted by molar-refractivity contribution is 5.84. The normalized spacial score (nSPS) is 25.7. The Balaban J connectivity index is 1.11. The molecular weight excluding hydrogens is 542 g/mol. The van der Waals surface area contributed by atoms with Gasteiger partial charge in [0.2, 0.25) is 11.9 Å². The summed E-state index contributed by atoms with van der Waals surface area (Å²) in [7, 11) is 0. The van der Waals surface area contributed by atoms with E-state index in [0.717, 1.165) is 51.7 Å². The number of alkyl halides is 2. The average molecular weight is 581 g/mol. The van der Waals surface area contributed by atoms with Gasteiger partial charge in [-0.3, -0.25) is 14.3 Å². The molecule has 224 valence electrons. The lowest BCUT2D eigenvalue weighted by atomic mass is 9.90. The zero-order valence-electron chi connectivity index (χ0n) is 23.8. The molecule has 12 heteroatoms. The number of carbonyl (C=O) groups is 1. The Morgan fingerprint density at radius 1 is 0.905 bits per heavy atom. The number of nitrogens with one attached hydrogen (secondary N) is 1. The van der Waals surface area contributed by atoms with Crippen LogP contribution in [0.15, 0.2) is 30.3 Å². The van der Waals surface area contributed by atoms with Crippen LogP contribution in [0.25, 0.3) is 16.9 Å². The van der Waals surface area contributed by atoms with Crippen LogP contribution in [0.2, 0.25) is 0 Å². The van der Waals surface area contributed by atoms with E-state index in [1.807, 2.05) is 11.0 Å². The minimum absolute atomic E-state index is 0.0683. The highest BCUT2D eigenvalue weighted by Gasteiger charge is 2.40. The molecule has 1 saturated carbocycles. The molecule has 1 unspecified atom stereocenters. The van der Waals surface area contributed by atoms with E-state index in [1.165, 1.54) is 17.4 Å². The van der Waals surface area contributed by atoms with Crippen LogP contribution in [-0.2, 0) is 9.53 Å². The van der Waals surface area contributed by atoms with Gasteiger partial charge in [-0.25, -0.2) is 13.8 Å². The molecule has 0 radical (unpaired) electrons. The number of carbonyl (C=O) groups excluding carboxylic acids is 1. The fraction of sp³-hybridized carbons (Fsp3) is 0.600. The Labute approximate surface area is 244 Å². The maximum atomic E-state index is 14.2. The first kappa shape index (κ1) is 27.5. The van der Waals surface area contributed by atoms with E-state index in [0.29, 0.717) is 60.8 Å². The van der Waals surface area contributed by atoms with E-state index >= 15 is 0 Å². The smallest absolute Gasteiger partial charge is 0.296 e. The number of anilines is 2. The van der Waals surface area contributed by atoms with Crippen molar-refractivity contribution >= 4 is 28.7 Å². The van der Waals surface area contributed by atoms with Crippen LogP contribution >= 0.6 is 0 Å². The first-order valence-electron chi connectivity index (χ1n) is 15.3. The zero-order chi connectivity index (χ0) is 28.6. The number of morpholine rings is 1. The number of imidazole rings is 1. The minimum Gasteiger partial charge on any atom is -0.378 e. The van der Waals surface area contributed by atoms with Crippen LogP contribution in [0, 0.1) is 0 Å². The Bertz CT molecular complexity index is 1410. The van der Waals surface area contributed by atoms with Crippen LogP contribution in [0.4, 0.5) is 20.5 Å². The number of para-hydroxylation sites is 2. The molecule has 42 heavy (non-hydrogen) atoms. The van der Waals surface area contributed by atoms with Gasteiger partial charge in [-0.2, -0.15) is 9.97 Å². The van der Waals surface area contributed by atoms with Gasteiger partial charge < -0.3 is 19.9 Å². The van der Waals surface area contributed by atoms with Gasteiger partial charge in [0.05, 0.1) is 30.3 Å². The lowest BCUT2D eigenvalue weighted by molar-refractivity contribution is -0.134. The van der Waals surface area contributed by atoms with Crippen LogP contribution in [0.5, 0.6) is 0 Å². The number of likely N-dealkylation sites (tertiary alicyclic amines) is 2. The maximum Gasteiger partial charge on any atom is 0.296 e. The topological polar surface area (TPSA) is 91.7 Å². The summed E-state index contributed by atoms with van der Waals surface area (Å²) in [6, 6.07) is 9.39. The number of nitrogens with zero attached hydrogens (tertiary/aromatic N) is 7. The van der Waals surface area contributed by atoms with E-state index in [2.05, 4.69) is 20.1 Å². The molecule has 0 spiro atoms. The predicted octanol–water partition coefficient (Wildman–Crippen LogP) is 4.01. The third kappa shape index (κ3) is 5.30. The number of hydrogen-bond acceptors (Lipinski definition) is 8. The summed E-state index contributed by atoms with van der Waals surface area (Å²) in [4.78, 5) is 33.6. The van der Waals surface area contributed by atoms with Crippen molar-refractivity contribution in [2.24, 2.45) is 0 Å². The highest BCUT2D eigenvalue weighted by Crippen LogP contribution is 2.32. The summed E-state index contributed by atoms with van der Waals surface area (Å²) in [6.07, 6.45) is 4.26. The Kier molecular flexibility index (Phi) is 7.66. The van der Waals surface area contributed by atoms with Crippen LogP contribution in [0.1, 0.15) is 57.2 Å². The summed E-state index contributed by atoms with van der Waals surface area (Å²) in [5.41, 5.74) is 1.07. The van der Waals surface area contributed by atoms with Gasteiger partial charge in [0.25, 0.3) is 6.43 Å². The highest BCUT2D eigenvalue weighted by atomic mass is 19.3. The van der Waals surface area contributed by atoms with Gasteiger partial charge in [-0.15, -0.1) is 0 Å². The molecular formula is C30H38F2N8O2. The third-order valence-electron chi connectivity index (χ3n) is 9.29. The monoisotopic (exact) mass is 580 g/mol. The summed E-state index contributed by atoms with van der Waals surface area (Å²) < 4.78 is 35.3. The molecule has 10 nitrogen and oxygen atoms in total. The number of benzene rings is 1. The standard InChI is InChI=1S/C30H38F2N8O2/c31-27(32)28-34-22-5-1-2-6-23(22)40(28)26-19-25(35-30(36-26)38-15-17-42-18-16-38)33-20-7-9-21(10-8-20)39-14-11-24(29(39)41)37-12-3-4-13-37/h1-2,5-6,19-21,24,27H,3-4,7-18H2,(H,33,35,36). The van der Waals surface area contributed by atoms with Crippen LogP contribution in [0.3, 0.4) is 0 Å².